The zero-order valence-electron chi connectivity index (χ0n) is 10.9. The Morgan fingerprint density at radius 1 is 1.37 bits per heavy atom. The van der Waals surface area contributed by atoms with Gasteiger partial charge in [0.15, 0.2) is 0 Å². The van der Waals surface area contributed by atoms with Gasteiger partial charge in [0.2, 0.25) is 5.88 Å². The van der Waals surface area contributed by atoms with E-state index < -0.39 is 12.0 Å². The minimum Gasteiger partial charge on any atom is -0.481 e. The minimum absolute atomic E-state index is 0.00563. The van der Waals surface area contributed by atoms with Crippen LogP contribution in [0.4, 0.5) is 8.78 Å². The summed E-state index contributed by atoms with van der Waals surface area (Å²) < 4.78 is 30.9. The number of fused-ring (bicyclic) bond motifs is 1. The Labute approximate surface area is 110 Å². The highest BCUT2D eigenvalue weighted by Crippen LogP contribution is 2.27. The van der Waals surface area contributed by atoms with Crippen molar-refractivity contribution in [1.29, 1.82) is 0 Å². The molecule has 0 saturated carbocycles. The summed E-state index contributed by atoms with van der Waals surface area (Å²) in [5.41, 5.74) is 5.38. The molecule has 0 fully saturated rings. The third-order valence-corrected chi connectivity index (χ3v) is 3.03. The standard InChI is InChI=1S/C14H16F2N2O/c1-14(17,13(15)16)8-10-7-9-5-3-4-6-11(9)18-12(10)19-2/h3-7,13H,8,17H2,1-2H3. The Balaban J connectivity index is 2.47. The van der Waals surface area contributed by atoms with Crippen LogP contribution in [0, 0.1) is 0 Å². The van der Waals surface area contributed by atoms with E-state index in [0.717, 1.165) is 10.9 Å². The Hall–Kier alpha value is -1.75. The minimum atomic E-state index is -2.61. The second-order valence-corrected chi connectivity index (χ2v) is 4.83. The predicted molar refractivity (Wildman–Crippen MR) is 70.6 cm³/mol. The van der Waals surface area contributed by atoms with Gasteiger partial charge in [0.05, 0.1) is 18.2 Å². The smallest absolute Gasteiger partial charge is 0.256 e. The largest absolute Gasteiger partial charge is 0.481 e. The molecule has 2 N–H and O–H groups in total. The lowest BCUT2D eigenvalue weighted by atomic mass is 9.94. The molecular formula is C14H16F2N2O. The van der Waals surface area contributed by atoms with Crippen LogP contribution in [0.3, 0.4) is 0 Å². The molecule has 0 saturated heterocycles. The van der Waals surface area contributed by atoms with Crippen LogP contribution in [0.25, 0.3) is 10.9 Å². The molecule has 0 aliphatic carbocycles. The molecule has 2 rings (SSSR count). The number of para-hydroxylation sites is 1. The van der Waals surface area contributed by atoms with Crippen LogP contribution in [0.5, 0.6) is 5.88 Å². The molecule has 1 atom stereocenters. The maximum Gasteiger partial charge on any atom is 0.256 e. The zero-order valence-corrected chi connectivity index (χ0v) is 10.9. The number of aromatic nitrogens is 1. The van der Waals surface area contributed by atoms with Crippen LogP contribution in [0.2, 0.25) is 0 Å². The van der Waals surface area contributed by atoms with Gasteiger partial charge >= 0.3 is 0 Å². The van der Waals surface area contributed by atoms with Gasteiger partial charge in [-0.15, -0.1) is 0 Å². The molecular weight excluding hydrogens is 250 g/mol. The number of hydrogen-bond acceptors (Lipinski definition) is 3. The molecule has 1 unspecified atom stereocenters. The Bertz CT molecular complexity index is 585. The number of rotatable bonds is 4. The molecule has 102 valence electrons. The van der Waals surface area contributed by atoms with E-state index in [1.807, 2.05) is 24.3 Å². The van der Waals surface area contributed by atoms with Crippen molar-refractivity contribution >= 4 is 10.9 Å². The third kappa shape index (κ3) is 2.81. The van der Waals surface area contributed by atoms with Crippen molar-refractivity contribution in [2.45, 2.75) is 25.3 Å². The van der Waals surface area contributed by atoms with Crippen molar-refractivity contribution in [3.63, 3.8) is 0 Å². The molecule has 1 heterocycles. The molecule has 3 nitrogen and oxygen atoms in total. The van der Waals surface area contributed by atoms with Gasteiger partial charge in [-0.1, -0.05) is 18.2 Å². The van der Waals surface area contributed by atoms with E-state index in [1.165, 1.54) is 14.0 Å². The van der Waals surface area contributed by atoms with Gasteiger partial charge in [-0.25, -0.2) is 13.8 Å². The lowest BCUT2D eigenvalue weighted by molar-refractivity contribution is 0.0636. The lowest BCUT2D eigenvalue weighted by Crippen LogP contribution is -2.45. The molecule has 1 aromatic heterocycles. The van der Waals surface area contributed by atoms with E-state index in [0.29, 0.717) is 11.4 Å². The maximum atomic E-state index is 12.9. The fraction of sp³-hybridized carbons (Fsp3) is 0.357. The first-order chi connectivity index (χ1) is 8.94. The number of alkyl halides is 2. The normalized spacial score (nSPS) is 14.6. The molecule has 0 aliphatic heterocycles. The van der Waals surface area contributed by atoms with E-state index in [1.54, 1.807) is 6.07 Å². The first kappa shape index (κ1) is 13.7. The average Bonchev–Trinajstić information content (AvgIpc) is 2.37. The average molecular weight is 266 g/mol. The molecule has 1 aromatic carbocycles. The number of ether oxygens (including phenoxy) is 1. The van der Waals surface area contributed by atoms with E-state index in [2.05, 4.69) is 4.98 Å². The monoisotopic (exact) mass is 266 g/mol. The van der Waals surface area contributed by atoms with Gasteiger partial charge in [0, 0.05) is 17.4 Å². The van der Waals surface area contributed by atoms with E-state index in [4.69, 9.17) is 10.5 Å². The summed E-state index contributed by atoms with van der Waals surface area (Å²) >= 11 is 0. The van der Waals surface area contributed by atoms with Gasteiger partial charge in [-0.3, -0.25) is 0 Å². The fourth-order valence-electron chi connectivity index (χ4n) is 1.93. The Morgan fingerprint density at radius 3 is 2.68 bits per heavy atom. The van der Waals surface area contributed by atoms with Crippen molar-refractivity contribution in [1.82, 2.24) is 4.98 Å². The number of hydrogen-bond donors (Lipinski definition) is 1. The molecule has 19 heavy (non-hydrogen) atoms. The van der Waals surface area contributed by atoms with Gasteiger partial charge in [-0.05, 0) is 19.1 Å². The number of nitrogens with zero attached hydrogens (tertiary/aromatic N) is 1. The van der Waals surface area contributed by atoms with Gasteiger partial charge < -0.3 is 10.5 Å². The second-order valence-electron chi connectivity index (χ2n) is 4.83. The Morgan fingerprint density at radius 2 is 2.05 bits per heavy atom. The van der Waals surface area contributed by atoms with Crippen molar-refractivity contribution < 1.29 is 13.5 Å². The summed E-state index contributed by atoms with van der Waals surface area (Å²) in [5, 5.41) is 0.878. The summed E-state index contributed by atoms with van der Waals surface area (Å²) in [6, 6.07) is 9.25. The topological polar surface area (TPSA) is 48.1 Å². The van der Waals surface area contributed by atoms with E-state index in [9.17, 15) is 8.78 Å². The highest BCUT2D eigenvalue weighted by atomic mass is 19.3. The summed E-state index contributed by atoms with van der Waals surface area (Å²) in [6.07, 6.45) is -2.60. The maximum absolute atomic E-state index is 12.9. The second kappa shape index (κ2) is 5.09. The van der Waals surface area contributed by atoms with Crippen molar-refractivity contribution in [3.05, 3.63) is 35.9 Å². The third-order valence-electron chi connectivity index (χ3n) is 3.03. The van der Waals surface area contributed by atoms with Crippen LogP contribution in [-0.2, 0) is 6.42 Å². The van der Waals surface area contributed by atoms with Gasteiger partial charge in [0.25, 0.3) is 6.43 Å². The van der Waals surface area contributed by atoms with E-state index >= 15 is 0 Å². The number of halogens is 2. The number of methoxy groups -OCH3 is 1. The summed E-state index contributed by atoms with van der Waals surface area (Å²) in [5.74, 6) is 0.344. The molecule has 0 spiro atoms. The highest BCUT2D eigenvalue weighted by Gasteiger charge is 2.31. The van der Waals surface area contributed by atoms with Crippen LogP contribution < -0.4 is 10.5 Å². The van der Waals surface area contributed by atoms with Crippen LogP contribution in [0.15, 0.2) is 30.3 Å². The van der Waals surface area contributed by atoms with Crippen LogP contribution >= 0.6 is 0 Å². The summed E-state index contributed by atoms with van der Waals surface area (Å²) in [6.45, 7) is 1.33. The number of benzene rings is 1. The highest BCUT2D eigenvalue weighted by molar-refractivity contribution is 5.80. The Kier molecular flexibility index (Phi) is 3.66. The predicted octanol–water partition coefficient (Wildman–Crippen LogP) is 2.77. The fourth-order valence-corrected chi connectivity index (χ4v) is 1.93. The number of pyridine rings is 1. The zero-order chi connectivity index (χ0) is 14.0. The quantitative estimate of drug-likeness (QED) is 0.925. The molecule has 2 aromatic rings. The molecule has 0 amide bonds. The first-order valence-electron chi connectivity index (χ1n) is 5.94. The molecule has 5 heteroatoms. The lowest BCUT2D eigenvalue weighted by Gasteiger charge is -2.24. The van der Waals surface area contributed by atoms with Crippen LogP contribution in [0.1, 0.15) is 12.5 Å². The summed E-state index contributed by atoms with van der Waals surface area (Å²) in [4.78, 5) is 4.31. The van der Waals surface area contributed by atoms with E-state index in [-0.39, 0.29) is 6.42 Å². The van der Waals surface area contributed by atoms with Gasteiger partial charge in [-0.2, -0.15) is 0 Å². The first-order valence-corrected chi connectivity index (χ1v) is 5.94. The number of nitrogens with two attached hydrogens (primary N) is 1. The molecule has 0 bridgehead atoms. The summed E-state index contributed by atoms with van der Waals surface area (Å²) in [7, 11) is 1.47. The molecule has 0 radical (unpaired) electrons. The molecule has 0 aliphatic rings. The van der Waals surface area contributed by atoms with Crippen LogP contribution in [-0.4, -0.2) is 24.1 Å². The van der Waals surface area contributed by atoms with Crippen molar-refractivity contribution in [2.75, 3.05) is 7.11 Å². The SMILES string of the molecule is COc1nc2ccccc2cc1CC(C)(N)C(F)F. The van der Waals surface area contributed by atoms with Crippen molar-refractivity contribution in [2.24, 2.45) is 5.73 Å². The van der Waals surface area contributed by atoms with Gasteiger partial charge in [0.1, 0.15) is 0 Å². The van der Waals surface area contributed by atoms with Crippen molar-refractivity contribution in [3.8, 4) is 5.88 Å².